The van der Waals surface area contributed by atoms with Crippen LogP contribution in [0.25, 0.3) is 0 Å². The molecule has 3 unspecified atom stereocenters. The van der Waals surface area contributed by atoms with E-state index in [4.69, 9.17) is 15.3 Å². The molecule has 0 saturated heterocycles. The SMILES string of the molecule is [O-][N+]1=CC(O)C(O)C(O)C1. The molecular weight excluding hydrogens is 138 g/mol. The number of aliphatic hydroxyl groups is 3. The average molecular weight is 147 g/mol. The third-order valence-electron chi connectivity index (χ3n) is 1.43. The summed E-state index contributed by atoms with van der Waals surface area (Å²) in [6, 6.07) is 0. The second-order valence-corrected chi connectivity index (χ2v) is 2.30. The van der Waals surface area contributed by atoms with Gasteiger partial charge in [-0.15, -0.1) is 0 Å². The van der Waals surface area contributed by atoms with Gasteiger partial charge in [0.2, 0.25) is 0 Å². The summed E-state index contributed by atoms with van der Waals surface area (Å²) in [7, 11) is 0. The van der Waals surface area contributed by atoms with Crippen molar-refractivity contribution in [1.82, 2.24) is 0 Å². The van der Waals surface area contributed by atoms with Gasteiger partial charge in [-0.05, 0) is 0 Å². The van der Waals surface area contributed by atoms with Crippen molar-refractivity contribution in [2.24, 2.45) is 0 Å². The summed E-state index contributed by atoms with van der Waals surface area (Å²) in [5, 5.41) is 37.0. The summed E-state index contributed by atoms with van der Waals surface area (Å²) in [6.07, 6.45) is -2.71. The number of aliphatic hydroxyl groups excluding tert-OH is 3. The number of hydrogen-bond acceptors (Lipinski definition) is 4. The van der Waals surface area contributed by atoms with Crippen LogP contribution in [0.2, 0.25) is 0 Å². The highest BCUT2D eigenvalue weighted by atomic mass is 16.5. The minimum absolute atomic E-state index is 0.182. The first-order valence-electron chi connectivity index (χ1n) is 2.94. The van der Waals surface area contributed by atoms with E-state index in [0.29, 0.717) is 4.74 Å². The molecule has 0 aromatic heterocycles. The maximum atomic E-state index is 10.5. The fourth-order valence-electron chi connectivity index (χ4n) is 0.839. The van der Waals surface area contributed by atoms with Crippen LogP contribution in [-0.2, 0) is 0 Å². The highest BCUT2D eigenvalue weighted by Crippen LogP contribution is 2.03. The monoisotopic (exact) mass is 147 g/mol. The summed E-state index contributed by atoms with van der Waals surface area (Å²) in [4.78, 5) is 0. The van der Waals surface area contributed by atoms with E-state index in [-0.39, 0.29) is 6.54 Å². The number of rotatable bonds is 0. The topological polar surface area (TPSA) is 86.8 Å². The van der Waals surface area contributed by atoms with E-state index >= 15 is 0 Å². The average Bonchev–Trinajstić information content (AvgIpc) is 1.82. The quantitative estimate of drug-likeness (QED) is 0.265. The smallest absolute Gasteiger partial charge is 0.182 e. The first-order chi connectivity index (χ1) is 4.61. The van der Waals surface area contributed by atoms with Gasteiger partial charge in [-0.25, -0.2) is 4.74 Å². The lowest BCUT2D eigenvalue weighted by molar-refractivity contribution is -0.479. The Bertz CT molecular complexity index is 158. The maximum Gasteiger partial charge on any atom is 0.182 e. The van der Waals surface area contributed by atoms with Gasteiger partial charge in [0.25, 0.3) is 0 Å². The van der Waals surface area contributed by atoms with E-state index in [1.807, 2.05) is 0 Å². The number of hydroxylamine groups is 1. The Morgan fingerprint density at radius 2 is 2.00 bits per heavy atom. The van der Waals surface area contributed by atoms with Crippen molar-refractivity contribution in [2.45, 2.75) is 18.3 Å². The summed E-state index contributed by atoms with van der Waals surface area (Å²) in [5.41, 5.74) is 0. The lowest BCUT2D eigenvalue weighted by Gasteiger charge is -2.23. The van der Waals surface area contributed by atoms with Crippen LogP contribution in [0, 0.1) is 5.21 Å². The molecule has 1 rings (SSSR count). The molecule has 10 heavy (non-hydrogen) atoms. The van der Waals surface area contributed by atoms with Crippen molar-refractivity contribution >= 4 is 6.21 Å². The normalized spacial score (nSPS) is 41.1. The predicted octanol–water partition coefficient (Wildman–Crippen LogP) is -2.34. The molecular formula is C5H9NO4. The van der Waals surface area contributed by atoms with E-state index in [0.717, 1.165) is 6.21 Å². The third-order valence-corrected chi connectivity index (χ3v) is 1.43. The van der Waals surface area contributed by atoms with Crippen LogP contribution in [0.5, 0.6) is 0 Å². The minimum Gasteiger partial charge on any atom is -0.624 e. The van der Waals surface area contributed by atoms with Gasteiger partial charge < -0.3 is 20.5 Å². The van der Waals surface area contributed by atoms with Gasteiger partial charge in [-0.2, -0.15) is 0 Å². The van der Waals surface area contributed by atoms with E-state index in [9.17, 15) is 5.21 Å². The van der Waals surface area contributed by atoms with Gasteiger partial charge in [0.05, 0.1) is 0 Å². The lowest BCUT2D eigenvalue weighted by atomic mass is 10.1. The van der Waals surface area contributed by atoms with Crippen LogP contribution >= 0.6 is 0 Å². The Kier molecular flexibility index (Phi) is 1.89. The molecule has 0 fully saturated rings. The molecule has 3 atom stereocenters. The number of hydrogen-bond donors (Lipinski definition) is 3. The van der Waals surface area contributed by atoms with E-state index in [1.54, 1.807) is 0 Å². The van der Waals surface area contributed by atoms with Crippen molar-refractivity contribution in [2.75, 3.05) is 6.54 Å². The van der Waals surface area contributed by atoms with Crippen molar-refractivity contribution in [3.63, 3.8) is 0 Å². The van der Waals surface area contributed by atoms with Gasteiger partial charge in [-0.1, -0.05) is 0 Å². The van der Waals surface area contributed by atoms with Gasteiger partial charge in [-0.3, -0.25) is 0 Å². The number of nitrogens with zero attached hydrogens (tertiary/aromatic N) is 1. The fourth-order valence-corrected chi connectivity index (χ4v) is 0.839. The Hall–Kier alpha value is -0.650. The standard InChI is InChI=1S/C5H9NO4/c7-3-1-6(10)2-4(8)5(3)9/h1,3-5,7-9H,2H2. The van der Waals surface area contributed by atoms with Crippen LogP contribution in [-0.4, -0.2) is 51.1 Å². The van der Waals surface area contributed by atoms with Crippen LogP contribution in [0.15, 0.2) is 0 Å². The lowest BCUT2D eigenvalue weighted by Crippen LogP contribution is -2.48. The summed E-state index contributed by atoms with van der Waals surface area (Å²) in [6.45, 7) is -0.182. The Labute approximate surface area is 57.4 Å². The zero-order valence-electron chi connectivity index (χ0n) is 5.21. The zero-order valence-corrected chi connectivity index (χ0v) is 5.21. The van der Waals surface area contributed by atoms with Gasteiger partial charge in [0, 0.05) is 0 Å². The predicted molar refractivity (Wildman–Crippen MR) is 32.6 cm³/mol. The Morgan fingerprint density at radius 3 is 2.50 bits per heavy atom. The maximum absolute atomic E-state index is 10.5. The molecule has 0 aliphatic carbocycles. The Morgan fingerprint density at radius 1 is 1.40 bits per heavy atom. The molecule has 0 saturated carbocycles. The summed E-state index contributed by atoms with van der Waals surface area (Å²) < 4.78 is 0.405. The molecule has 5 nitrogen and oxygen atoms in total. The van der Waals surface area contributed by atoms with Crippen LogP contribution < -0.4 is 0 Å². The minimum atomic E-state index is -1.25. The van der Waals surface area contributed by atoms with Crippen LogP contribution in [0.1, 0.15) is 0 Å². The molecule has 1 aliphatic heterocycles. The van der Waals surface area contributed by atoms with Crippen molar-refractivity contribution in [3.8, 4) is 0 Å². The third kappa shape index (κ3) is 1.26. The molecule has 58 valence electrons. The molecule has 0 radical (unpaired) electrons. The van der Waals surface area contributed by atoms with Crippen molar-refractivity contribution < 1.29 is 20.1 Å². The molecule has 0 aromatic rings. The number of β-amino-alcohol motifs (C(OH)–C–C–N with tert-alkyl or cyclic N) is 1. The Balaban J connectivity index is 2.69. The zero-order chi connectivity index (χ0) is 7.72. The van der Waals surface area contributed by atoms with Crippen molar-refractivity contribution in [3.05, 3.63) is 5.21 Å². The van der Waals surface area contributed by atoms with Gasteiger partial charge in [0.1, 0.15) is 12.2 Å². The largest absolute Gasteiger partial charge is 0.624 e. The first kappa shape index (κ1) is 7.46. The molecule has 0 amide bonds. The van der Waals surface area contributed by atoms with E-state index < -0.39 is 18.3 Å². The van der Waals surface area contributed by atoms with Gasteiger partial charge in [0.15, 0.2) is 18.9 Å². The molecule has 1 heterocycles. The molecule has 1 aliphatic rings. The van der Waals surface area contributed by atoms with E-state index in [1.165, 1.54) is 0 Å². The molecule has 5 heteroatoms. The molecule has 0 spiro atoms. The van der Waals surface area contributed by atoms with E-state index in [2.05, 4.69) is 0 Å². The molecule has 0 bridgehead atoms. The molecule has 0 aromatic carbocycles. The fraction of sp³-hybridized carbons (Fsp3) is 0.800. The summed E-state index contributed by atoms with van der Waals surface area (Å²) >= 11 is 0. The van der Waals surface area contributed by atoms with Crippen molar-refractivity contribution in [1.29, 1.82) is 0 Å². The van der Waals surface area contributed by atoms with Gasteiger partial charge >= 0.3 is 0 Å². The second kappa shape index (κ2) is 2.53. The van der Waals surface area contributed by atoms with Crippen LogP contribution in [0.4, 0.5) is 0 Å². The highest BCUT2D eigenvalue weighted by molar-refractivity contribution is 5.59. The summed E-state index contributed by atoms with van der Waals surface area (Å²) in [5.74, 6) is 0. The second-order valence-electron chi connectivity index (χ2n) is 2.30. The first-order valence-corrected chi connectivity index (χ1v) is 2.94. The molecule has 3 N–H and O–H groups in total. The van der Waals surface area contributed by atoms with Crippen LogP contribution in [0.3, 0.4) is 0 Å². The highest BCUT2D eigenvalue weighted by Gasteiger charge is 2.32.